The number of nitrogens with one attached hydrogen (secondary N) is 1. The van der Waals surface area contributed by atoms with E-state index in [-0.39, 0.29) is 0 Å². The van der Waals surface area contributed by atoms with Crippen molar-refractivity contribution in [1.29, 1.82) is 0 Å². The molecule has 0 atom stereocenters. The van der Waals surface area contributed by atoms with Crippen molar-refractivity contribution in [2.45, 2.75) is 79.3 Å². The molecule has 1 N–H and O–H groups in total. The molecule has 0 bridgehead atoms. The van der Waals surface area contributed by atoms with Gasteiger partial charge in [-0.25, -0.2) is 0 Å². The Hall–Kier alpha value is -0.820. The van der Waals surface area contributed by atoms with E-state index >= 15 is 0 Å². The Kier molecular flexibility index (Phi) is 5.48. The smallest absolute Gasteiger partial charge is 0.0208 e. The van der Waals surface area contributed by atoms with Crippen LogP contribution in [0.15, 0.2) is 18.2 Å². The first-order chi connectivity index (χ1) is 9.92. The Morgan fingerprint density at radius 2 is 1.71 bits per heavy atom. The minimum Gasteiger partial charge on any atom is -0.310 e. The van der Waals surface area contributed by atoms with Gasteiger partial charge in [0, 0.05) is 12.6 Å². The van der Waals surface area contributed by atoms with Crippen LogP contribution in [0.5, 0.6) is 0 Å². The molecular formula is C20H33N. The predicted octanol–water partition coefficient (Wildman–Crippen LogP) is 5.39. The third-order valence-corrected chi connectivity index (χ3v) is 5.91. The van der Waals surface area contributed by atoms with Crippen molar-refractivity contribution in [3.8, 4) is 0 Å². The maximum Gasteiger partial charge on any atom is 0.0208 e. The van der Waals surface area contributed by atoms with Crippen LogP contribution < -0.4 is 5.32 Å². The first-order valence-corrected chi connectivity index (χ1v) is 8.72. The second-order valence-corrected chi connectivity index (χ2v) is 7.69. The molecule has 0 spiro atoms. The van der Waals surface area contributed by atoms with Crippen molar-refractivity contribution in [2.24, 2.45) is 11.3 Å². The summed E-state index contributed by atoms with van der Waals surface area (Å²) in [6, 6.07) is 7.55. The van der Waals surface area contributed by atoms with Crippen molar-refractivity contribution in [2.75, 3.05) is 0 Å². The highest BCUT2D eigenvalue weighted by Gasteiger charge is 2.31. The van der Waals surface area contributed by atoms with Crippen LogP contribution in [0.4, 0.5) is 0 Å². The predicted molar refractivity (Wildman–Crippen MR) is 92.6 cm³/mol. The fourth-order valence-corrected chi connectivity index (χ4v) is 3.54. The minimum absolute atomic E-state index is 0.527. The zero-order valence-electron chi connectivity index (χ0n) is 14.6. The molecular weight excluding hydrogens is 254 g/mol. The highest BCUT2D eigenvalue weighted by molar-refractivity contribution is 5.29. The van der Waals surface area contributed by atoms with Gasteiger partial charge in [0.2, 0.25) is 0 Å². The Labute approximate surface area is 131 Å². The Balaban J connectivity index is 1.80. The second kappa shape index (κ2) is 6.96. The summed E-state index contributed by atoms with van der Waals surface area (Å²) in [7, 11) is 0. The maximum atomic E-state index is 3.77. The van der Waals surface area contributed by atoms with Gasteiger partial charge in [-0.1, -0.05) is 45.4 Å². The molecule has 21 heavy (non-hydrogen) atoms. The van der Waals surface area contributed by atoms with E-state index in [4.69, 9.17) is 0 Å². The second-order valence-electron chi connectivity index (χ2n) is 7.69. The van der Waals surface area contributed by atoms with E-state index in [0.717, 1.165) is 18.5 Å². The van der Waals surface area contributed by atoms with E-state index in [1.165, 1.54) is 48.8 Å². The van der Waals surface area contributed by atoms with E-state index in [1.807, 2.05) is 0 Å². The number of benzene rings is 1. The molecule has 1 aromatic carbocycles. The lowest BCUT2D eigenvalue weighted by molar-refractivity contribution is 0.137. The molecule has 2 rings (SSSR count). The summed E-state index contributed by atoms with van der Waals surface area (Å²) in [5.74, 6) is 0.919. The number of aryl methyl sites for hydroxylation is 2. The molecule has 0 saturated heterocycles. The fraction of sp³-hybridized carbons (Fsp3) is 0.700. The normalized spacial score (nSPS) is 23.3. The zero-order valence-corrected chi connectivity index (χ0v) is 14.6. The molecule has 0 heterocycles. The monoisotopic (exact) mass is 287 g/mol. The number of hydrogen-bond acceptors (Lipinski definition) is 1. The average molecular weight is 287 g/mol. The summed E-state index contributed by atoms with van der Waals surface area (Å²) in [6.45, 7) is 12.6. The van der Waals surface area contributed by atoms with Gasteiger partial charge in [-0.15, -0.1) is 0 Å². The molecule has 0 aromatic heterocycles. The third kappa shape index (κ3) is 4.32. The SMILES string of the molecule is CCC(C)(C)C1CCC(NCc2ccc(C)c(C)c2)CC1. The van der Waals surface area contributed by atoms with Crippen LogP contribution in [0, 0.1) is 25.2 Å². The summed E-state index contributed by atoms with van der Waals surface area (Å²) < 4.78 is 0. The Morgan fingerprint density at radius 1 is 1.05 bits per heavy atom. The van der Waals surface area contributed by atoms with E-state index in [0.29, 0.717) is 5.41 Å². The minimum atomic E-state index is 0.527. The molecule has 0 unspecified atom stereocenters. The van der Waals surface area contributed by atoms with Crippen LogP contribution in [0.1, 0.15) is 69.6 Å². The fourth-order valence-electron chi connectivity index (χ4n) is 3.54. The molecule has 0 amide bonds. The standard InChI is InChI=1S/C20H33N/c1-6-20(4,5)18-9-11-19(12-10-18)21-14-17-8-7-15(2)16(3)13-17/h7-8,13,18-19,21H,6,9-12,14H2,1-5H3. The molecule has 1 heteroatoms. The highest BCUT2D eigenvalue weighted by atomic mass is 14.9. The van der Waals surface area contributed by atoms with Crippen molar-refractivity contribution in [3.63, 3.8) is 0 Å². The van der Waals surface area contributed by atoms with Crippen LogP contribution in [0.25, 0.3) is 0 Å². The van der Waals surface area contributed by atoms with Crippen LogP contribution >= 0.6 is 0 Å². The molecule has 1 aromatic rings. The maximum absolute atomic E-state index is 3.77. The van der Waals surface area contributed by atoms with Gasteiger partial charge in [0.1, 0.15) is 0 Å². The largest absolute Gasteiger partial charge is 0.310 e. The molecule has 1 aliphatic rings. The molecule has 1 saturated carbocycles. The van der Waals surface area contributed by atoms with Gasteiger partial charge < -0.3 is 5.32 Å². The van der Waals surface area contributed by atoms with E-state index in [1.54, 1.807) is 0 Å². The summed E-state index contributed by atoms with van der Waals surface area (Å²) in [4.78, 5) is 0. The molecule has 0 aliphatic heterocycles. The van der Waals surface area contributed by atoms with Crippen molar-refractivity contribution >= 4 is 0 Å². The lowest BCUT2D eigenvalue weighted by atomic mass is 9.69. The molecule has 1 aliphatic carbocycles. The van der Waals surface area contributed by atoms with Crippen LogP contribution in [0.3, 0.4) is 0 Å². The first kappa shape index (κ1) is 16.5. The van der Waals surface area contributed by atoms with Gasteiger partial charge >= 0.3 is 0 Å². The molecule has 1 fully saturated rings. The Morgan fingerprint density at radius 3 is 2.29 bits per heavy atom. The molecule has 0 radical (unpaired) electrons. The molecule has 1 nitrogen and oxygen atoms in total. The molecule has 118 valence electrons. The highest BCUT2D eigenvalue weighted by Crippen LogP contribution is 2.40. The van der Waals surface area contributed by atoms with Gasteiger partial charge in [-0.3, -0.25) is 0 Å². The van der Waals surface area contributed by atoms with E-state index in [9.17, 15) is 0 Å². The van der Waals surface area contributed by atoms with Gasteiger partial charge in [0.15, 0.2) is 0 Å². The quantitative estimate of drug-likeness (QED) is 0.765. The van der Waals surface area contributed by atoms with Crippen LogP contribution in [-0.4, -0.2) is 6.04 Å². The Bertz CT molecular complexity index is 453. The van der Waals surface area contributed by atoms with E-state index < -0.39 is 0 Å². The van der Waals surface area contributed by atoms with E-state index in [2.05, 4.69) is 58.1 Å². The summed E-state index contributed by atoms with van der Waals surface area (Å²) in [5.41, 5.74) is 4.75. The number of rotatable bonds is 5. The van der Waals surface area contributed by atoms with Crippen molar-refractivity contribution in [3.05, 3.63) is 34.9 Å². The van der Waals surface area contributed by atoms with Gasteiger partial charge in [-0.05, 0) is 67.6 Å². The van der Waals surface area contributed by atoms with Gasteiger partial charge in [-0.2, -0.15) is 0 Å². The lowest BCUT2D eigenvalue weighted by Gasteiger charge is -2.39. The first-order valence-electron chi connectivity index (χ1n) is 8.72. The topological polar surface area (TPSA) is 12.0 Å². The number of hydrogen-bond donors (Lipinski definition) is 1. The lowest BCUT2D eigenvalue weighted by Crippen LogP contribution is -2.36. The van der Waals surface area contributed by atoms with Crippen molar-refractivity contribution in [1.82, 2.24) is 5.32 Å². The summed E-state index contributed by atoms with van der Waals surface area (Å²) >= 11 is 0. The van der Waals surface area contributed by atoms with Crippen molar-refractivity contribution < 1.29 is 0 Å². The van der Waals surface area contributed by atoms with Crippen LogP contribution in [-0.2, 0) is 6.54 Å². The van der Waals surface area contributed by atoms with Crippen LogP contribution in [0.2, 0.25) is 0 Å². The van der Waals surface area contributed by atoms with Gasteiger partial charge in [0.25, 0.3) is 0 Å². The third-order valence-electron chi connectivity index (χ3n) is 5.91. The average Bonchev–Trinajstić information content (AvgIpc) is 2.49. The zero-order chi connectivity index (χ0) is 15.5. The summed E-state index contributed by atoms with van der Waals surface area (Å²) in [5, 5.41) is 3.77. The van der Waals surface area contributed by atoms with Gasteiger partial charge in [0.05, 0.1) is 0 Å². The summed E-state index contributed by atoms with van der Waals surface area (Å²) in [6.07, 6.45) is 6.78.